The smallest absolute Gasteiger partial charge is 0.113 e. The minimum absolute atomic E-state index is 0.0484. The zero-order chi connectivity index (χ0) is 13.9. The van der Waals surface area contributed by atoms with Gasteiger partial charge in [-0.2, -0.15) is 0 Å². The molecular formula is C16H28N2S. The Morgan fingerprint density at radius 2 is 2.05 bits per heavy atom. The molecule has 1 aliphatic rings. The normalized spacial score (nSPS) is 19.8. The summed E-state index contributed by atoms with van der Waals surface area (Å²) < 4.78 is 0. The fourth-order valence-electron chi connectivity index (χ4n) is 2.83. The maximum atomic E-state index is 5.00. The second kappa shape index (κ2) is 6.36. The number of fused-ring (bicyclic) bond motifs is 1. The molecule has 0 saturated carbocycles. The summed E-state index contributed by atoms with van der Waals surface area (Å²) in [5.74, 6) is 0.617. The molecule has 108 valence electrons. The van der Waals surface area contributed by atoms with Gasteiger partial charge in [-0.15, -0.1) is 11.3 Å². The number of rotatable bonds is 6. The lowest BCUT2D eigenvalue weighted by Gasteiger charge is -2.34. The highest BCUT2D eigenvalue weighted by molar-refractivity contribution is 7.11. The van der Waals surface area contributed by atoms with E-state index in [-0.39, 0.29) is 5.54 Å². The van der Waals surface area contributed by atoms with Crippen molar-refractivity contribution in [2.75, 3.05) is 6.54 Å². The lowest BCUT2D eigenvalue weighted by molar-refractivity contribution is 0.241. The predicted molar refractivity (Wildman–Crippen MR) is 83.9 cm³/mol. The Kier molecular flexibility index (Phi) is 5.02. The van der Waals surface area contributed by atoms with Gasteiger partial charge in [0, 0.05) is 4.88 Å². The summed E-state index contributed by atoms with van der Waals surface area (Å²) >= 11 is 1.96. The number of nitrogens with zero attached hydrogens (tertiary/aromatic N) is 1. The van der Waals surface area contributed by atoms with Crippen LogP contribution < -0.4 is 5.32 Å². The number of aryl methyl sites for hydroxylation is 2. The first kappa shape index (κ1) is 15.0. The van der Waals surface area contributed by atoms with Gasteiger partial charge in [0.2, 0.25) is 0 Å². The van der Waals surface area contributed by atoms with Crippen LogP contribution in [0, 0.1) is 5.92 Å². The topological polar surface area (TPSA) is 24.9 Å². The highest BCUT2D eigenvalue weighted by Gasteiger charge is 2.35. The maximum Gasteiger partial charge on any atom is 0.113 e. The molecule has 0 bridgehead atoms. The first-order chi connectivity index (χ1) is 9.11. The average Bonchev–Trinajstić information content (AvgIpc) is 2.88. The molecule has 0 amide bonds. The molecule has 0 fully saturated rings. The van der Waals surface area contributed by atoms with Crippen molar-refractivity contribution in [2.24, 2.45) is 5.92 Å². The van der Waals surface area contributed by atoms with Crippen LogP contribution in [0.3, 0.4) is 0 Å². The zero-order valence-corrected chi connectivity index (χ0v) is 13.7. The quantitative estimate of drug-likeness (QED) is 0.841. The summed E-state index contributed by atoms with van der Waals surface area (Å²) in [7, 11) is 0. The van der Waals surface area contributed by atoms with Gasteiger partial charge >= 0.3 is 0 Å². The van der Waals surface area contributed by atoms with E-state index in [1.54, 1.807) is 4.88 Å². The first-order valence-electron chi connectivity index (χ1n) is 7.85. The lowest BCUT2D eigenvalue weighted by atomic mass is 9.85. The minimum Gasteiger partial charge on any atom is -0.305 e. The Balaban J connectivity index is 2.29. The SMILES string of the molecule is CCCNC(C)(c1nc2c(s1)CCCC2)C(C)CC. The Hall–Kier alpha value is -0.410. The Bertz CT molecular complexity index is 389. The molecule has 0 radical (unpaired) electrons. The number of hydrogen-bond donors (Lipinski definition) is 1. The largest absolute Gasteiger partial charge is 0.305 e. The van der Waals surface area contributed by atoms with Crippen LogP contribution in [-0.4, -0.2) is 11.5 Å². The molecule has 1 aromatic heterocycles. The molecule has 2 rings (SSSR count). The minimum atomic E-state index is 0.0484. The molecule has 19 heavy (non-hydrogen) atoms. The van der Waals surface area contributed by atoms with E-state index in [0.29, 0.717) is 5.92 Å². The summed E-state index contributed by atoms with van der Waals surface area (Å²) in [6, 6.07) is 0. The van der Waals surface area contributed by atoms with Crippen molar-refractivity contribution in [1.29, 1.82) is 0 Å². The van der Waals surface area contributed by atoms with Crippen molar-refractivity contribution >= 4 is 11.3 Å². The Morgan fingerprint density at radius 1 is 1.32 bits per heavy atom. The summed E-state index contributed by atoms with van der Waals surface area (Å²) in [5, 5.41) is 5.09. The van der Waals surface area contributed by atoms with Gasteiger partial charge in [0.05, 0.1) is 11.2 Å². The predicted octanol–water partition coefficient (Wildman–Crippen LogP) is 4.28. The number of thiazole rings is 1. The third kappa shape index (κ3) is 3.03. The molecule has 1 N–H and O–H groups in total. The second-order valence-electron chi connectivity index (χ2n) is 6.03. The highest BCUT2D eigenvalue weighted by Crippen LogP contribution is 2.37. The van der Waals surface area contributed by atoms with Gasteiger partial charge in [0.1, 0.15) is 5.01 Å². The lowest BCUT2D eigenvalue weighted by Crippen LogP contribution is -2.45. The number of hydrogen-bond acceptors (Lipinski definition) is 3. The van der Waals surface area contributed by atoms with Gasteiger partial charge in [-0.3, -0.25) is 0 Å². The molecule has 0 saturated heterocycles. The second-order valence-corrected chi connectivity index (χ2v) is 7.12. The standard InChI is InChI=1S/C16H28N2S/c1-5-11-17-16(4,12(3)6-2)15-18-13-9-7-8-10-14(13)19-15/h12,17H,5-11H2,1-4H3. The van der Waals surface area contributed by atoms with Crippen LogP contribution >= 0.6 is 11.3 Å². The summed E-state index contributed by atoms with van der Waals surface area (Å²) in [6.07, 6.45) is 7.47. The van der Waals surface area contributed by atoms with E-state index in [9.17, 15) is 0 Å². The van der Waals surface area contributed by atoms with Gasteiger partial charge in [-0.25, -0.2) is 4.98 Å². The van der Waals surface area contributed by atoms with Gasteiger partial charge in [0.25, 0.3) is 0 Å². The van der Waals surface area contributed by atoms with Crippen molar-refractivity contribution < 1.29 is 0 Å². The van der Waals surface area contributed by atoms with Crippen LogP contribution in [0.1, 0.15) is 69.0 Å². The van der Waals surface area contributed by atoms with E-state index in [0.717, 1.165) is 6.54 Å². The highest BCUT2D eigenvalue weighted by atomic mass is 32.1. The van der Waals surface area contributed by atoms with Crippen molar-refractivity contribution in [3.8, 4) is 0 Å². The van der Waals surface area contributed by atoms with Crippen LogP contribution in [0.5, 0.6) is 0 Å². The van der Waals surface area contributed by atoms with E-state index in [4.69, 9.17) is 4.98 Å². The Labute approximate surface area is 122 Å². The van der Waals surface area contributed by atoms with E-state index < -0.39 is 0 Å². The van der Waals surface area contributed by atoms with Crippen LogP contribution in [0.2, 0.25) is 0 Å². The van der Waals surface area contributed by atoms with Crippen molar-refractivity contribution in [2.45, 2.75) is 71.8 Å². The number of aromatic nitrogens is 1. The molecule has 1 aliphatic carbocycles. The van der Waals surface area contributed by atoms with Crippen LogP contribution in [0.4, 0.5) is 0 Å². The van der Waals surface area contributed by atoms with Crippen LogP contribution in [0.15, 0.2) is 0 Å². The molecule has 0 aromatic carbocycles. The molecule has 0 aliphatic heterocycles. The summed E-state index contributed by atoms with van der Waals surface area (Å²) in [6.45, 7) is 10.3. The van der Waals surface area contributed by atoms with Gasteiger partial charge in [0.15, 0.2) is 0 Å². The molecule has 2 nitrogen and oxygen atoms in total. The Morgan fingerprint density at radius 3 is 2.68 bits per heavy atom. The van der Waals surface area contributed by atoms with E-state index in [1.165, 1.54) is 49.2 Å². The van der Waals surface area contributed by atoms with Crippen LogP contribution in [0.25, 0.3) is 0 Å². The molecule has 1 aromatic rings. The molecule has 1 heterocycles. The average molecular weight is 280 g/mol. The fraction of sp³-hybridized carbons (Fsp3) is 0.812. The monoisotopic (exact) mass is 280 g/mol. The molecule has 2 atom stereocenters. The molecule has 3 heteroatoms. The third-order valence-electron chi connectivity index (χ3n) is 4.63. The van der Waals surface area contributed by atoms with Crippen molar-refractivity contribution in [3.63, 3.8) is 0 Å². The third-order valence-corrected chi connectivity index (χ3v) is 6.02. The van der Waals surface area contributed by atoms with E-state index in [2.05, 4.69) is 33.0 Å². The van der Waals surface area contributed by atoms with Crippen LogP contribution in [-0.2, 0) is 18.4 Å². The summed E-state index contributed by atoms with van der Waals surface area (Å²) in [4.78, 5) is 6.55. The maximum absolute atomic E-state index is 5.00. The van der Waals surface area contributed by atoms with Gasteiger partial charge in [-0.05, 0) is 51.5 Å². The molecule has 0 spiro atoms. The van der Waals surface area contributed by atoms with Gasteiger partial charge in [-0.1, -0.05) is 27.2 Å². The number of nitrogens with one attached hydrogen (secondary N) is 1. The molecular weight excluding hydrogens is 252 g/mol. The summed E-state index contributed by atoms with van der Waals surface area (Å²) in [5.41, 5.74) is 1.44. The molecule has 2 unspecified atom stereocenters. The zero-order valence-electron chi connectivity index (χ0n) is 12.9. The van der Waals surface area contributed by atoms with E-state index in [1.807, 2.05) is 11.3 Å². The van der Waals surface area contributed by atoms with E-state index >= 15 is 0 Å². The van der Waals surface area contributed by atoms with Crippen molar-refractivity contribution in [1.82, 2.24) is 10.3 Å². The van der Waals surface area contributed by atoms with Crippen molar-refractivity contribution in [3.05, 3.63) is 15.6 Å². The fourth-order valence-corrected chi connectivity index (χ4v) is 4.21. The van der Waals surface area contributed by atoms with Gasteiger partial charge < -0.3 is 5.32 Å². The first-order valence-corrected chi connectivity index (χ1v) is 8.67.